The summed E-state index contributed by atoms with van der Waals surface area (Å²) in [6.07, 6.45) is 6.26. The topological polar surface area (TPSA) is 86.1 Å². The lowest BCUT2D eigenvalue weighted by atomic mass is 10.0. The predicted octanol–water partition coefficient (Wildman–Crippen LogP) is 5.82. The Morgan fingerprint density at radius 2 is 1.69 bits per heavy atom. The van der Waals surface area contributed by atoms with Gasteiger partial charge >= 0.3 is 5.97 Å². The molecule has 8 heteroatoms. The number of aromatic nitrogens is 3. The van der Waals surface area contributed by atoms with E-state index in [9.17, 15) is 14.0 Å². The van der Waals surface area contributed by atoms with Gasteiger partial charge in [0.05, 0.1) is 47.4 Å². The van der Waals surface area contributed by atoms with Crippen molar-refractivity contribution in [2.45, 2.75) is 46.1 Å². The second-order valence-electron chi connectivity index (χ2n) is 7.76. The van der Waals surface area contributed by atoms with Crippen LogP contribution in [-0.2, 0) is 10.3 Å². The van der Waals surface area contributed by atoms with E-state index in [1.165, 1.54) is 25.4 Å². The summed E-state index contributed by atoms with van der Waals surface area (Å²) in [5.74, 6) is -1.03. The zero-order valence-electron chi connectivity index (χ0n) is 21.2. The van der Waals surface area contributed by atoms with Gasteiger partial charge < -0.3 is 10.1 Å². The van der Waals surface area contributed by atoms with Crippen molar-refractivity contribution in [3.63, 3.8) is 0 Å². The number of esters is 1. The van der Waals surface area contributed by atoms with Gasteiger partial charge in [0.15, 0.2) is 0 Å². The summed E-state index contributed by atoms with van der Waals surface area (Å²) in [5.41, 5.74) is 2.47. The summed E-state index contributed by atoms with van der Waals surface area (Å²) in [6, 6.07) is 13.0. The monoisotopic (exact) mass is 490 g/mol. The molecule has 1 aliphatic carbocycles. The maximum Gasteiger partial charge on any atom is 0.337 e. The van der Waals surface area contributed by atoms with Crippen molar-refractivity contribution in [3.05, 3.63) is 89.6 Å². The highest BCUT2D eigenvalue weighted by Gasteiger charge is 2.46. The van der Waals surface area contributed by atoms with Crippen LogP contribution in [0.4, 0.5) is 4.39 Å². The van der Waals surface area contributed by atoms with Gasteiger partial charge in [-0.05, 0) is 54.8 Å². The smallest absolute Gasteiger partial charge is 0.337 e. The zero-order chi connectivity index (χ0) is 26.3. The van der Waals surface area contributed by atoms with Crippen LogP contribution in [0.5, 0.6) is 0 Å². The number of ether oxygens (including phenoxy) is 1. The number of halogens is 1. The average molecular weight is 491 g/mol. The summed E-state index contributed by atoms with van der Waals surface area (Å²) in [5, 5.41) is 8.13. The lowest BCUT2D eigenvalue weighted by Crippen LogP contribution is -2.35. The van der Waals surface area contributed by atoms with Crippen LogP contribution >= 0.6 is 0 Å². The van der Waals surface area contributed by atoms with E-state index in [1.807, 2.05) is 33.8 Å². The molecule has 0 atom stereocenters. The van der Waals surface area contributed by atoms with Crippen molar-refractivity contribution in [1.29, 1.82) is 0 Å². The third-order valence-electron chi connectivity index (χ3n) is 5.75. The second-order valence-corrected chi connectivity index (χ2v) is 7.76. The molecular weight excluding hydrogens is 459 g/mol. The molecule has 1 amide bonds. The van der Waals surface area contributed by atoms with Gasteiger partial charge in [-0.1, -0.05) is 39.8 Å². The minimum atomic E-state index is -0.532. The molecule has 5 rings (SSSR count). The quantitative estimate of drug-likeness (QED) is 0.357. The largest absolute Gasteiger partial charge is 0.465 e. The Labute approximate surface area is 210 Å². The summed E-state index contributed by atoms with van der Waals surface area (Å²) in [4.78, 5) is 29.3. The maximum absolute atomic E-state index is 13.3. The van der Waals surface area contributed by atoms with Crippen molar-refractivity contribution in [2.75, 3.05) is 7.11 Å². The fourth-order valence-electron chi connectivity index (χ4n) is 3.87. The molecule has 0 bridgehead atoms. The zero-order valence-corrected chi connectivity index (χ0v) is 21.2. The molecule has 7 nitrogen and oxygen atoms in total. The summed E-state index contributed by atoms with van der Waals surface area (Å²) >= 11 is 0. The number of rotatable bonds is 5. The maximum atomic E-state index is 13.3. The Bertz CT molecular complexity index is 1340. The Hall–Kier alpha value is -4.07. The highest BCUT2D eigenvalue weighted by atomic mass is 19.1. The van der Waals surface area contributed by atoms with Crippen LogP contribution in [0.25, 0.3) is 16.6 Å². The van der Waals surface area contributed by atoms with Crippen LogP contribution in [0.2, 0.25) is 0 Å². The van der Waals surface area contributed by atoms with Crippen LogP contribution in [0.15, 0.2) is 67.1 Å². The number of fused-ring (bicyclic) bond motifs is 1. The average Bonchev–Trinajstić information content (AvgIpc) is 3.59. The third kappa shape index (κ3) is 5.27. The fraction of sp³-hybridized carbons (Fsp3) is 0.286. The minimum Gasteiger partial charge on any atom is -0.465 e. The molecule has 0 aliphatic heterocycles. The molecule has 1 aliphatic rings. The van der Waals surface area contributed by atoms with Gasteiger partial charge in [-0.2, -0.15) is 5.10 Å². The van der Waals surface area contributed by atoms with E-state index >= 15 is 0 Å². The molecule has 0 unspecified atom stereocenters. The van der Waals surface area contributed by atoms with Gasteiger partial charge in [-0.25, -0.2) is 13.9 Å². The summed E-state index contributed by atoms with van der Waals surface area (Å²) < 4.78 is 19.7. The highest BCUT2D eigenvalue weighted by Crippen LogP contribution is 2.46. The van der Waals surface area contributed by atoms with Crippen molar-refractivity contribution >= 4 is 22.8 Å². The lowest BCUT2D eigenvalue weighted by molar-refractivity contribution is 0.0600. The Morgan fingerprint density at radius 3 is 2.33 bits per heavy atom. The number of pyridine rings is 1. The highest BCUT2D eigenvalue weighted by molar-refractivity contribution is 6.06. The fourth-order valence-corrected chi connectivity index (χ4v) is 3.87. The number of nitrogens with one attached hydrogen (secondary N) is 1. The molecule has 1 N–H and O–H groups in total. The van der Waals surface area contributed by atoms with Gasteiger partial charge in [0.1, 0.15) is 5.82 Å². The number of hydrogen-bond donors (Lipinski definition) is 1. The standard InChI is InChI=1S/C24H19FN4O3.2C2H6/c1-32-23(31)15-3-2-4-16(11-15)24(9-10-24)28-22(30)20-12-26-14-21-19(20)13-27-29(21)18-7-5-17(25)6-8-18;2*1-2/h2-8,11-14H,9-10H2,1H3,(H,28,30);2*1-2H3. The first-order valence-corrected chi connectivity index (χ1v) is 12.1. The van der Waals surface area contributed by atoms with Gasteiger partial charge in [-0.15, -0.1) is 0 Å². The van der Waals surface area contributed by atoms with Crippen LogP contribution in [0.1, 0.15) is 66.8 Å². The molecule has 2 heterocycles. The SMILES string of the molecule is CC.CC.COC(=O)c1cccc(C2(NC(=O)c3cncc4c3cnn4-c3ccc(F)cc3)CC2)c1. The summed E-state index contributed by atoms with van der Waals surface area (Å²) in [6.45, 7) is 8.00. The number of carbonyl (C=O) groups excluding carboxylic acids is 2. The molecule has 1 saturated carbocycles. The first-order valence-electron chi connectivity index (χ1n) is 12.1. The van der Waals surface area contributed by atoms with Crippen molar-refractivity contribution in [2.24, 2.45) is 0 Å². The van der Waals surface area contributed by atoms with E-state index < -0.39 is 11.5 Å². The van der Waals surface area contributed by atoms with Gasteiger partial charge in [0.2, 0.25) is 0 Å². The van der Waals surface area contributed by atoms with Crippen LogP contribution in [0.3, 0.4) is 0 Å². The molecule has 0 saturated heterocycles. The first kappa shape index (κ1) is 26.5. The number of carbonyl (C=O) groups is 2. The molecule has 1 fully saturated rings. The number of nitrogens with zero attached hydrogens (tertiary/aromatic N) is 3. The Morgan fingerprint density at radius 1 is 1.00 bits per heavy atom. The van der Waals surface area contributed by atoms with Crippen LogP contribution in [0, 0.1) is 5.82 Å². The molecule has 0 spiro atoms. The van der Waals surface area contributed by atoms with E-state index in [1.54, 1.807) is 47.4 Å². The number of amides is 1. The lowest BCUT2D eigenvalue weighted by Gasteiger charge is -2.19. The second kappa shape index (κ2) is 11.6. The molecule has 4 aromatic rings. The number of hydrogen-bond acceptors (Lipinski definition) is 5. The van der Waals surface area contributed by atoms with Gasteiger partial charge in [-0.3, -0.25) is 9.78 Å². The molecule has 188 valence electrons. The Balaban J connectivity index is 0.000000861. The first-order chi connectivity index (χ1) is 17.5. The van der Waals surface area contributed by atoms with Crippen LogP contribution in [-0.4, -0.2) is 33.8 Å². The van der Waals surface area contributed by atoms with Crippen LogP contribution < -0.4 is 5.32 Å². The van der Waals surface area contributed by atoms with E-state index in [2.05, 4.69) is 15.4 Å². The molecule has 2 aromatic heterocycles. The predicted molar refractivity (Wildman–Crippen MR) is 138 cm³/mol. The van der Waals surface area contributed by atoms with Crippen molar-refractivity contribution in [1.82, 2.24) is 20.1 Å². The Kier molecular flexibility index (Phi) is 8.53. The van der Waals surface area contributed by atoms with E-state index in [0.29, 0.717) is 27.7 Å². The number of methoxy groups -OCH3 is 1. The molecular formula is C28H31FN4O3. The van der Waals surface area contributed by atoms with Crippen molar-refractivity contribution in [3.8, 4) is 5.69 Å². The number of benzene rings is 2. The van der Waals surface area contributed by atoms with E-state index in [-0.39, 0.29) is 11.7 Å². The third-order valence-corrected chi connectivity index (χ3v) is 5.75. The van der Waals surface area contributed by atoms with E-state index in [4.69, 9.17) is 4.74 Å². The van der Waals surface area contributed by atoms with E-state index in [0.717, 1.165) is 18.4 Å². The van der Waals surface area contributed by atoms with Gasteiger partial charge in [0, 0.05) is 11.6 Å². The summed E-state index contributed by atoms with van der Waals surface area (Å²) in [7, 11) is 1.34. The minimum absolute atomic E-state index is 0.275. The molecule has 0 radical (unpaired) electrons. The molecule has 2 aromatic carbocycles. The normalized spacial score (nSPS) is 12.9. The van der Waals surface area contributed by atoms with Gasteiger partial charge in [0.25, 0.3) is 5.91 Å². The molecule has 36 heavy (non-hydrogen) atoms. The van der Waals surface area contributed by atoms with Crippen molar-refractivity contribution < 1.29 is 18.7 Å².